The maximum Gasteiger partial charge on any atom is 0.253 e. The molecule has 1 aromatic carbocycles. The fourth-order valence-corrected chi connectivity index (χ4v) is 5.96. The molecule has 2 saturated heterocycles. The van der Waals surface area contributed by atoms with Crippen molar-refractivity contribution in [3.05, 3.63) is 52.8 Å². The predicted octanol–water partition coefficient (Wildman–Crippen LogP) is 2.06. The predicted molar refractivity (Wildman–Crippen MR) is 121 cm³/mol. The van der Waals surface area contributed by atoms with E-state index in [1.54, 1.807) is 17.0 Å². The van der Waals surface area contributed by atoms with Crippen molar-refractivity contribution in [3.8, 4) is 0 Å². The number of aryl methyl sites for hydroxylation is 2. The Labute approximate surface area is 189 Å². The third-order valence-electron chi connectivity index (χ3n) is 6.28. The van der Waals surface area contributed by atoms with E-state index in [-0.39, 0.29) is 16.6 Å². The molecule has 32 heavy (non-hydrogen) atoms. The van der Waals surface area contributed by atoms with E-state index in [1.165, 1.54) is 16.4 Å². The van der Waals surface area contributed by atoms with Crippen molar-refractivity contribution in [3.63, 3.8) is 0 Å². The summed E-state index contributed by atoms with van der Waals surface area (Å²) in [5.41, 5.74) is 3.07. The monoisotopic (exact) mass is 458 g/mol. The number of Topliss-reactive ketones (excluding diaryl/α,β-unsaturated/α-hetero) is 1. The number of rotatable bonds is 6. The Balaban J connectivity index is 1.33. The van der Waals surface area contributed by atoms with Gasteiger partial charge in [0.05, 0.1) is 11.4 Å². The zero-order chi connectivity index (χ0) is 22.9. The van der Waals surface area contributed by atoms with Gasteiger partial charge in [0.25, 0.3) is 5.91 Å². The Morgan fingerprint density at radius 1 is 0.938 bits per heavy atom. The molecule has 2 aromatic rings. The van der Waals surface area contributed by atoms with Crippen molar-refractivity contribution in [1.29, 1.82) is 0 Å². The van der Waals surface area contributed by atoms with Crippen LogP contribution < -0.4 is 0 Å². The van der Waals surface area contributed by atoms with Crippen LogP contribution in [-0.2, 0) is 10.0 Å². The maximum atomic E-state index is 12.9. The Morgan fingerprint density at radius 3 is 2.12 bits per heavy atom. The number of hydrogen-bond acceptors (Lipinski definition) is 5. The smallest absolute Gasteiger partial charge is 0.253 e. The number of sulfonamides is 1. The lowest BCUT2D eigenvalue weighted by Gasteiger charge is -2.34. The number of piperazine rings is 1. The molecule has 0 bridgehead atoms. The minimum absolute atomic E-state index is 0.0847. The molecule has 2 aliphatic heterocycles. The van der Waals surface area contributed by atoms with Crippen molar-refractivity contribution in [2.24, 2.45) is 0 Å². The fourth-order valence-electron chi connectivity index (χ4n) is 4.44. The van der Waals surface area contributed by atoms with Gasteiger partial charge in [0.2, 0.25) is 10.0 Å². The quantitative estimate of drug-likeness (QED) is 0.669. The summed E-state index contributed by atoms with van der Waals surface area (Å²) in [6.07, 6.45) is 1.77. The van der Waals surface area contributed by atoms with E-state index in [2.05, 4.69) is 9.88 Å². The molecule has 0 spiro atoms. The van der Waals surface area contributed by atoms with Gasteiger partial charge in [0, 0.05) is 61.8 Å². The van der Waals surface area contributed by atoms with Crippen LogP contribution in [0.2, 0.25) is 0 Å². The molecule has 172 valence electrons. The summed E-state index contributed by atoms with van der Waals surface area (Å²) in [6, 6.07) is 8.12. The van der Waals surface area contributed by atoms with E-state index in [1.807, 2.05) is 19.9 Å². The number of hydrogen-bond donors (Lipinski definition) is 1. The van der Waals surface area contributed by atoms with Crippen molar-refractivity contribution in [2.75, 3.05) is 45.8 Å². The van der Waals surface area contributed by atoms with Crippen molar-refractivity contribution >= 4 is 21.7 Å². The number of nitrogens with one attached hydrogen (secondary N) is 1. The Kier molecular flexibility index (Phi) is 6.50. The number of nitrogens with zero attached hydrogens (tertiary/aromatic N) is 3. The summed E-state index contributed by atoms with van der Waals surface area (Å²) in [5.74, 6) is -0.0281. The molecule has 2 fully saturated rings. The van der Waals surface area contributed by atoms with Crippen LogP contribution in [0.4, 0.5) is 0 Å². The number of amides is 1. The lowest BCUT2D eigenvalue weighted by atomic mass is 10.1. The van der Waals surface area contributed by atoms with E-state index in [9.17, 15) is 18.0 Å². The van der Waals surface area contributed by atoms with Gasteiger partial charge >= 0.3 is 0 Å². The van der Waals surface area contributed by atoms with Crippen molar-refractivity contribution < 1.29 is 18.0 Å². The molecule has 0 aliphatic carbocycles. The Hall–Kier alpha value is -2.49. The average Bonchev–Trinajstić information content (AvgIpc) is 3.44. The highest BCUT2D eigenvalue weighted by Crippen LogP contribution is 2.21. The highest BCUT2D eigenvalue weighted by atomic mass is 32.2. The molecular weight excluding hydrogens is 428 g/mol. The van der Waals surface area contributed by atoms with Crippen LogP contribution in [-0.4, -0.2) is 85.0 Å². The molecule has 0 saturated carbocycles. The topological polar surface area (TPSA) is 93.8 Å². The van der Waals surface area contributed by atoms with E-state index >= 15 is 0 Å². The highest BCUT2D eigenvalue weighted by molar-refractivity contribution is 7.89. The minimum Gasteiger partial charge on any atom is -0.362 e. The normalized spacial score (nSPS) is 18.2. The highest BCUT2D eigenvalue weighted by Gasteiger charge is 2.28. The molecule has 0 atom stereocenters. The molecule has 4 rings (SSSR count). The van der Waals surface area contributed by atoms with Crippen LogP contribution in [0.15, 0.2) is 35.2 Å². The lowest BCUT2D eigenvalue weighted by molar-refractivity contribution is 0.0624. The van der Waals surface area contributed by atoms with Gasteiger partial charge < -0.3 is 9.88 Å². The molecule has 0 radical (unpaired) electrons. The molecule has 2 aliphatic rings. The molecule has 1 amide bonds. The summed E-state index contributed by atoms with van der Waals surface area (Å²) in [7, 11) is -3.48. The number of aromatic nitrogens is 1. The molecular formula is C23H30N4O4S. The second kappa shape index (κ2) is 9.17. The van der Waals surface area contributed by atoms with Crippen LogP contribution >= 0.6 is 0 Å². The first-order valence-electron chi connectivity index (χ1n) is 11.1. The summed E-state index contributed by atoms with van der Waals surface area (Å²) < 4.78 is 26.8. The van der Waals surface area contributed by atoms with E-state index in [0.29, 0.717) is 51.4 Å². The van der Waals surface area contributed by atoms with Crippen molar-refractivity contribution in [2.45, 2.75) is 31.6 Å². The number of carbonyl (C=O) groups excluding carboxylic acids is 2. The molecule has 3 heterocycles. The Bertz CT molecular complexity index is 1090. The third kappa shape index (κ3) is 4.65. The molecule has 9 heteroatoms. The molecule has 1 aromatic heterocycles. The van der Waals surface area contributed by atoms with Gasteiger partial charge in [-0.05, 0) is 57.0 Å². The number of ketones is 1. The van der Waals surface area contributed by atoms with E-state index < -0.39 is 10.0 Å². The van der Waals surface area contributed by atoms with Gasteiger partial charge in [0.1, 0.15) is 0 Å². The van der Waals surface area contributed by atoms with Gasteiger partial charge in [0.15, 0.2) is 5.78 Å². The van der Waals surface area contributed by atoms with Crippen LogP contribution in [0, 0.1) is 13.8 Å². The number of carbonyl (C=O) groups is 2. The molecule has 1 N–H and O–H groups in total. The van der Waals surface area contributed by atoms with Crippen LogP contribution in [0.5, 0.6) is 0 Å². The SMILES string of the molecule is Cc1cc(C(=O)CN2CCN(C(=O)c3ccc(S(=O)(=O)N4CCCC4)cc3)CC2)c(C)[nH]1. The fraction of sp³-hybridized carbons (Fsp3) is 0.478. The Morgan fingerprint density at radius 2 is 1.56 bits per heavy atom. The zero-order valence-corrected chi connectivity index (χ0v) is 19.5. The first kappa shape index (κ1) is 22.7. The van der Waals surface area contributed by atoms with Crippen molar-refractivity contribution in [1.82, 2.24) is 19.1 Å². The number of benzene rings is 1. The van der Waals surface area contributed by atoms with Gasteiger partial charge in [-0.15, -0.1) is 0 Å². The number of H-pyrrole nitrogens is 1. The zero-order valence-electron chi connectivity index (χ0n) is 18.6. The summed E-state index contributed by atoms with van der Waals surface area (Å²) >= 11 is 0. The first-order chi connectivity index (χ1) is 15.3. The van der Waals surface area contributed by atoms with E-state index in [0.717, 1.165) is 29.8 Å². The lowest BCUT2D eigenvalue weighted by Crippen LogP contribution is -2.49. The summed E-state index contributed by atoms with van der Waals surface area (Å²) in [6.45, 7) is 7.60. The van der Waals surface area contributed by atoms with Gasteiger partial charge in [-0.2, -0.15) is 4.31 Å². The molecule has 0 unspecified atom stereocenters. The maximum absolute atomic E-state index is 12.9. The van der Waals surface area contributed by atoms with Gasteiger partial charge in [-0.25, -0.2) is 8.42 Å². The second-order valence-corrected chi connectivity index (χ2v) is 10.6. The minimum atomic E-state index is -3.48. The van der Waals surface area contributed by atoms with E-state index in [4.69, 9.17) is 0 Å². The van der Waals surface area contributed by atoms with Crippen LogP contribution in [0.3, 0.4) is 0 Å². The second-order valence-electron chi connectivity index (χ2n) is 8.62. The molecule has 8 nitrogen and oxygen atoms in total. The van der Waals surface area contributed by atoms with Gasteiger partial charge in [-0.1, -0.05) is 0 Å². The van der Waals surface area contributed by atoms with Crippen LogP contribution in [0.1, 0.15) is 44.9 Å². The standard InChI is InChI=1S/C23H30N4O4S/c1-17-15-21(18(2)24-17)22(28)16-25-11-13-26(14-12-25)23(29)19-5-7-20(8-6-19)32(30,31)27-9-3-4-10-27/h5-8,15,24H,3-4,9-14,16H2,1-2H3. The van der Waals surface area contributed by atoms with Gasteiger partial charge in [-0.3, -0.25) is 14.5 Å². The van der Waals surface area contributed by atoms with Crippen LogP contribution in [0.25, 0.3) is 0 Å². The third-order valence-corrected chi connectivity index (χ3v) is 8.19. The summed E-state index contributed by atoms with van der Waals surface area (Å²) in [4.78, 5) is 32.7. The summed E-state index contributed by atoms with van der Waals surface area (Å²) in [5, 5.41) is 0. The number of aromatic amines is 1. The largest absolute Gasteiger partial charge is 0.362 e. The first-order valence-corrected chi connectivity index (χ1v) is 12.5. The average molecular weight is 459 g/mol.